The zero-order valence-corrected chi connectivity index (χ0v) is 13.4. The molecule has 1 N–H and O–H groups in total. The van der Waals surface area contributed by atoms with E-state index in [9.17, 15) is 9.59 Å². The summed E-state index contributed by atoms with van der Waals surface area (Å²) in [7, 11) is 1.76. The number of imidazole rings is 1. The Balaban J connectivity index is 0.00000176. The summed E-state index contributed by atoms with van der Waals surface area (Å²) in [5, 5.41) is 3.23. The van der Waals surface area contributed by atoms with Crippen molar-refractivity contribution >= 4 is 29.3 Å². The van der Waals surface area contributed by atoms with Crippen LogP contribution in [0.15, 0.2) is 29.1 Å². The van der Waals surface area contributed by atoms with Crippen LogP contribution in [0, 0.1) is 0 Å². The van der Waals surface area contributed by atoms with Gasteiger partial charge in [-0.3, -0.25) is 13.9 Å². The van der Waals surface area contributed by atoms with Crippen molar-refractivity contribution in [3.05, 3.63) is 34.7 Å². The second kappa shape index (κ2) is 6.98. The molecule has 6 nitrogen and oxygen atoms in total. The number of carbonyl (C=O) groups is 1. The number of nitrogens with one attached hydrogen (secondary N) is 1. The van der Waals surface area contributed by atoms with Crippen LogP contribution in [-0.4, -0.2) is 46.1 Å². The highest BCUT2D eigenvalue weighted by Crippen LogP contribution is 2.12. The molecule has 1 fully saturated rings. The van der Waals surface area contributed by atoms with Gasteiger partial charge in [-0.05, 0) is 12.1 Å². The Kier molecular flexibility index (Phi) is 5.26. The van der Waals surface area contributed by atoms with Crippen LogP contribution in [0.5, 0.6) is 0 Å². The molecule has 0 radical (unpaired) electrons. The van der Waals surface area contributed by atoms with Crippen LogP contribution in [-0.2, 0) is 18.4 Å². The van der Waals surface area contributed by atoms with Crippen LogP contribution in [0.2, 0.25) is 0 Å². The maximum absolute atomic E-state index is 12.3. The lowest BCUT2D eigenvalue weighted by molar-refractivity contribution is -0.131. The van der Waals surface area contributed by atoms with E-state index in [0.29, 0.717) is 13.0 Å². The third kappa shape index (κ3) is 3.03. The monoisotopic (exact) mass is 324 g/mol. The number of aromatic nitrogens is 2. The molecule has 1 amide bonds. The van der Waals surface area contributed by atoms with Crippen LogP contribution < -0.4 is 11.0 Å². The molecular formula is C15H21ClN4O2. The summed E-state index contributed by atoms with van der Waals surface area (Å²) in [4.78, 5) is 26.3. The van der Waals surface area contributed by atoms with Gasteiger partial charge in [0.1, 0.15) is 0 Å². The predicted octanol–water partition coefficient (Wildman–Crippen LogP) is 0.584. The Labute approximate surface area is 135 Å². The average molecular weight is 325 g/mol. The molecule has 0 atom stereocenters. The molecule has 3 rings (SSSR count). The minimum atomic E-state index is -0.0655. The second-order valence-corrected chi connectivity index (χ2v) is 5.36. The molecule has 2 aromatic rings. The quantitative estimate of drug-likeness (QED) is 0.898. The van der Waals surface area contributed by atoms with Crippen molar-refractivity contribution in [2.75, 3.05) is 26.2 Å². The molecule has 1 aromatic heterocycles. The van der Waals surface area contributed by atoms with E-state index in [-0.39, 0.29) is 24.0 Å². The topological polar surface area (TPSA) is 59.3 Å². The van der Waals surface area contributed by atoms with E-state index in [0.717, 1.165) is 37.2 Å². The largest absolute Gasteiger partial charge is 0.340 e. The number of aryl methyl sites for hydroxylation is 2. The van der Waals surface area contributed by atoms with E-state index >= 15 is 0 Å². The normalized spacial score (nSPS) is 14.9. The van der Waals surface area contributed by atoms with Gasteiger partial charge < -0.3 is 10.2 Å². The minimum Gasteiger partial charge on any atom is -0.340 e. The molecule has 1 aliphatic rings. The first-order chi connectivity index (χ1) is 10.2. The number of para-hydroxylation sites is 2. The summed E-state index contributed by atoms with van der Waals surface area (Å²) in [6.07, 6.45) is 0.369. The van der Waals surface area contributed by atoms with Crippen molar-refractivity contribution in [2.45, 2.75) is 13.0 Å². The van der Waals surface area contributed by atoms with Crippen LogP contribution in [0.25, 0.3) is 11.0 Å². The molecule has 1 aromatic carbocycles. The summed E-state index contributed by atoms with van der Waals surface area (Å²) in [5.41, 5.74) is 1.72. The molecule has 0 spiro atoms. The van der Waals surface area contributed by atoms with Crippen LogP contribution >= 0.6 is 12.4 Å². The first kappa shape index (κ1) is 16.6. The van der Waals surface area contributed by atoms with Gasteiger partial charge in [-0.25, -0.2) is 4.79 Å². The van der Waals surface area contributed by atoms with Crippen LogP contribution in [0.3, 0.4) is 0 Å². The molecule has 1 saturated heterocycles. The molecule has 1 aliphatic heterocycles. The summed E-state index contributed by atoms with van der Waals surface area (Å²) in [6, 6.07) is 7.67. The number of amides is 1. The molecule has 2 heterocycles. The van der Waals surface area contributed by atoms with E-state index in [1.165, 1.54) is 0 Å². The van der Waals surface area contributed by atoms with Gasteiger partial charge in [-0.2, -0.15) is 0 Å². The summed E-state index contributed by atoms with van der Waals surface area (Å²) < 4.78 is 3.32. The molecule has 0 unspecified atom stereocenters. The number of fused-ring (bicyclic) bond motifs is 1. The van der Waals surface area contributed by atoms with Gasteiger partial charge in [0, 0.05) is 46.2 Å². The standard InChI is InChI=1S/C15H20N4O2.ClH/c1-17-12-4-2-3-5-13(12)19(15(17)21)9-6-14(20)18-10-7-16-8-11-18;/h2-5,16H,6-11H2,1H3;1H. The van der Waals surface area contributed by atoms with E-state index in [1.807, 2.05) is 29.2 Å². The van der Waals surface area contributed by atoms with Crippen molar-refractivity contribution < 1.29 is 4.79 Å². The molecule has 0 saturated carbocycles. The number of carbonyl (C=O) groups excluding carboxylic acids is 1. The maximum atomic E-state index is 12.3. The minimum absolute atomic E-state index is 0. The number of piperazine rings is 1. The fraction of sp³-hybridized carbons (Fsp3) is 0.467. The van der Waals surface area contributed by atoms with Crippen molar-refractivity contribution in [2.24, 2.45) is 7.05 Å². The first-order valence-electron chi connectivity index (χ1n) is 7.31. The molecule has 120 valence electrons. The number of hydrogen-bond donors (Lipinski definition) is 1. The number of benzene rings is 1. The number of halogens is 1. The van der Waals surface area contributed by atoms with Gasteiger partial charge in [0.15, 0.2) is 0 Å². The van der Waals surface area contributed by atoms with Crippen molar-refractivity contribution in [1.29, 1.82) is 0 Å². The summed E-state index contributed by atoms with van der Waals surface area (Å²) in [5.74, 6) is 0.122. The zero-order chi connectivity index (χ0) is 14.8. The van der Waals surface area contributed by atoms with Crippen LogP contribution in [0.4, 0.5) is 0 Å². The number of hydrogen-bond acceptors (Lipinski definition) is 3. The smallest absolute Gasteiger partial charge is 0.328 e. The Bertz CT molecular complexity index is 716. The molecular weight excluding hydrogens is 304 g/mol. The molecule has 7 heteroatoms. The predicted molar refractivity (Wildman–Crippen MR) is 88.5 cm³/mol. The molecule has 0 bridgehead atoms. The Morgan fingerprint density at radius 2 is 1.82 bits per heavy atom. The lowest BCUT2D eigenvalue weighted by Gasteiger charge is -2.27. The highest BCUT2D eigenvalue weighted by atomic mass is 35.5. The van der Waals surface area contributed by atoms with Gasteiger partial charge in [0.25, 0.3) is 0 Å². The lowest BCUT2D eigenvalue weighted by Crippen LogP contribution is -2.46. The SMILES string of the molecule is Cl.Cn1c(=O)n(CCC(=O)N2CCNCC2)c2ccccc21. The average Bonchev–Trinajstić information content (AvgIpc) is 2.78. The maximum Gasteiger partial charge on any atom is 0.328 e. The lowest BCUT2D eigenvalue weighted by atomic mass is 10.3. The number of nitrogens with zero attached hydrogens (tertiary/aromatic N) is 3. The van der Waals surface area contributed by atoms with Gasteiger partial charge in [0.05, 0.1) is 11.0 Å². The van der Waals surface area contributed by atoms with Gasteiger partial charge in [-0.1, -0.05) is 12.1 Å². The van der Waals surface area contributed by atoms with Crippen LogP contribution in [0.1, 0.15) is 6.42 Å². The van der Waals surface area contributed by atoms with Crippen molar-refractivity contribution in [3.8, 4) is 0 Å². The highest BCUT2D eigenvalue weighted by Gasteiger charge is 2.17. The van der Waals surface area contributed by atoms with E-state index in [2.05, 4.69) is 5.32 Å². The van der Waals surface area contributed by atoms with E-state index in [4.69, 9.17) is 0 Å². The third-order valence-electron chi connectivity index (χ3n) is 4.07. The van der Waals surface area contributed by atoms with Crippen molar-refractivity contribution in [3.63, 3.8) is 0 Å². The Morgan fingerprint density at radius 3 is 2.50 bits per heavy atom. The fourth-order valence-electron chi connectivity index (χ4n) is 2.86. The highest BCUT2D eigenvalue weighted by molar-refractivity contribution is 5.85. The Hall–Kier alpha value is -1.79. The van der Waals surface area contributed by atoms with Gasteiger partial charge in [0.2, 0.25) is 5.91 Å². The molecule has 22 heavy (non-hydrogen) atoms. The third-order valence-corrected chi connectivity index (χ3v) is 4.07. The zero-order valence-electron chi connectivity index (χ0n) is 12.6. The summed E-state index contributed by atoms with van der Waals surface area (Å²) >= 11 is 0. The molecule has 0 aliphatic carbocycles. The van der Waals surface area contributed by atoms with Gasteiger partial charge in [-0.15, -0.1) is 12.4 Å². The Morgan fingerprint density at radius 1 is 1.18 bits per heavy atom. The van der Waals surface area contributed by atoms with Crippen molar-refractivity contribution in [1.82, 2.24) is 19.4 Å². The first-order valence-corrected chi connectivity index (χ1v) is 7.31. The number of rotatable bonds is 3. The van der Waals surface area contributed by atoms with Gasteiger partial charge >= 0.3 is 5.69 Å². The fourth-order valence-corrected chi connectivity index (χ4v) is 2.86. The summed E-state index contributed by atoms with van der Waals surface area (Å²) in [6.45, 7) is 3.63. The second-order valence-electron chi connectivity index (χ2n) is 5.36. The van der Waals surface area contributed by atoms with E-state index < -0.39 is 0 Å². The van der Waals surface area contributed by atoms with E-state index in [1.54, 1.807) is 16.2 Å².